The van der Waals surface area contributed by atoms with Crippen molar-refractivity contribution >= 4 is 11.8 Å². The van der Waals surface area contributed by atoms with E-state index in [0.717, 1.165) is 6.54 Å². The van der Waals surface area contributed by atoms with Crippen LogP contribution >= 0.6 is 0 Å². The number of methoxy groups -OCH3 is 1. The molecule has 7 nitrogen and oxygen atoms in total. The van der Waals surface area contributed by atoms with E-state index in [1.807, 2.05) is 20.8 Å². The Balaban J connectivity index is 0. The van der Waals surface area contributed by atoms with Crippen molar-refractivity contribution in [1.29, 1.82) is 0 Å². The molecule has 28 heavy (non-hydrogen) atoms. The van der Waals surface area contributed by atoms with Crippen LogP contribution in [0, 0.1) is 23.5 Å². The maximum absolute atomic E-state index is 11.4. The normalized spacial score (nSPS) is 13.6. The van der Waals surface area contributed by atoms with E-state index in [4.69, 9.17) is 9.47 Å². The third-order valence-corrected chi connectivity index (χ3v) is 3.94. The zero-order valence-corrected chi connectivity index (χ0v) is 18.6. The van der Waals surface area contributed by atoms with E-state index in [9.17, 15) is 14.9 Å². The molecule has 0 radical (unpaired) electrons. The minimum atomic E-state index is -0.445. The zero-order chi connectivity index (χ0) is 19.6. The van der Waals surface area contributed by atoms with Crippen LogP contribution < -0.4 is 10.1 Å². The minimum Gasteiger partial charge on any atom is -0.497 e. The molecule has 8 heteroatoms. The maximum Gasteiger partial charge on any atom is 0.407 e. The van der Waals surface area contributed by atoms with Gasteiger partial charge in [0.1, 0.15) is 11.4 Å². The summed E-state index contributed by atoms with van der Waals surface area (Å²) in [6.07, 6.45) is 6.17. The number of nitro groups is 1. The summed E-state index contributed by atoms with van der Waals surface area (Å²) in [5, 5.41) is 13.0. The number of nitrogens with zero attached hydrogens (tertiary/aromatic N) is 1. The van der Waals surface area contributed by atoms with Gasteiger partial charge in [-0.25, -0.2) is 4.79 Å². The fourth-order valence-electron chi connectivity index (χ4n) is 2.64. The summed E-state index contributed by atoms with van der Waals surface area (Å²) in [6.45, 7) is 6.42. The summed E-state index contributed by atoms with van der Waals surface area (Å²) >= 11 is 0. The number of alkyl carbamates (subject to hydrolysis) is 1. The van der Waals surface area contributed by atoms with E-state index in [2.05, 4.69) is 5.32 Å². The largest absolute Gasteiger partial charge is 0.497 e. The number of ether oxygens (including phenoxy) is 2. The third-order valence-electron chi connectivity index (χ3n) is 3.94. The van der Waals surface area contributed by atoms with Gasteiger partial charge in [-0.3, -0.25) is 10.1 Å². The van der Waals surface area contributed by atoms with Crippen molar-refractivity contribution in [2.45, 2.75) is 58.5 Å². The smallest absolute Gasteiger partial charge is 0.407 e. The minimum absolute atomic E-state index is 0. The van der Waals surface area contributed by atoms with E-state index < -0.39 is 10.5 Å². The van der Waals surface area contributed by atoms with Crippen molar-refractivity contribution < 1.29 is 36.3 Å². The molecule has 0 bridgehead atoms. The Morgan fingerprint density at radius 1 is 1.18 bits per heavy atom. The molecule has 162 valence electrons. The first kappa shape index (κ1) is 28.4. The Bertz CT molecular complexity index is 567. The van der Waals surface area contributed by atoms with Crippen molar-refractivity contribution in [3.8, 4) is 5.75 Å². The molecule has 2 rings (SSSR count). The van der Waals surface area contributed by atoms with Crippen molar-refractivity contribution in [2.24, 2.45) is 5.92 Å². The average molecular weight is 437 g/mol. The zero-order valence-electron chi connectivity index (χ0n) is 17.5. The fourth-order valence-corrected chi connectivity index (χ4v) is 2.64. The molecule has 1 aromatic carbocycles. The molecule has 0 spiro atoms. The van der Waals surface area contributed by atoms with Crippen LogP contribution in [-0.2, 0) is 21.8 Å². The van der Waals surface area contributed by atoms with E-state index in [1.165, 1.54) is 51.3 Å². The first-order chi connectivity index (χ1) is 12.2. The predicted molar refractivity (Wildman–Crippen MR) is 107 cm³/mol. The molecule has 1 aromatic rings. The van der Waals surface area contributed by atoms with Gasteiger partial charge in [0.25, 0.3) is 5.69 Å². The summed E-state index contributed by atoms with van der Waals surface area (Å²) < 4.78 is 10.0. The second-order valence-corrected chi connectivity index (χ2v) is 7.34. The number of hydrogen-bond acceptors (Lipinski definition) is 5. The molecular weight excluding hydrogens is 404 g/mol. The maximum atomic E-state index is 11.4. The number of benzene rings is 1. The Labute approximate surface area is 179 Å². The van der Waals surface area contributed by atoms with Gasteiger partial charge in [0.15, 0.2) is 0 Å². The van der Waals surface area contributed by atoms with Crippen molar-refractivity contribution in [2.75, 3.05) is 13.7 Å². The molecule has 1 fully saturated rings. The Morgan fingerprint density at radius 3 is 2.14 bits per heavy atom. The third kappa shape index (κ3) is 12.6. The molecule has 0 unspecified atom stereocenters. The SMILES string of the molecule is CC(C)(C)OC(=O)NCC1CCCCC1.COc1ccc([N+](=O)[O-])cc1.[CH3-].[Fe]. The first-order valence-corrected chi connectivity index (χ1v) is 8.96. The molecule has 0 aliphatic heterocycles. The second kappa shape index (κ2) is 14.2. The molecule has 0 atom stereocenters. The molecular formula is C20H33FeN2O5-. The standard InChI is InChI=1S/C12H23NO2.C7H7NO3.CH3.Fe/c1-12(2,3)15-11(14)13-9-10-7-5-4-6-8-10;1-11-7-4-2-6(3-5-7)8(9)10;;/h10H,4-9H2,1-3H3,(H,13,14);2-5H,1H3;1H3;/q;;-1;. The number of hydrogen-bond donors (Lipinski definition) is 1. The molecule has 1 aliphatic rings. The summed E-state index contributed by atoms with van der Waals surface area (Å²) in [4.78, 5) is 21.1. The van der Waals surface area contributed by atoms with E-state index in [1.54, 1.807) is 12.1 Å². The Morgan fingerprint density at radius 2 is 1.71 bits per heavy atom. The van der Waals surface area contributed by atoms with Gasteiger partial charge >= 0.3 is 6.09 Å². The average Bonchev–Trinajstić information content (AvgIpc) is 2.60. The van der Waals surface area contributed by atoms with Gasteiger partial charge in [-0.15, -0.1) is 0 Å². The molecule has 1 saturated carbocycles. The fraction of sp³-hybridized carbons (Fsp3) is 0.600. The first-order valence-electron chi connectivity index (χ1n) is 8.96. The number of carbonyl (C=O) groups excluding carboxylic acids is 1. The van der Waals surface area contributed by atoms with Crippen molar-refractivity contribution in [1.82, 2.24) is 5.32 Å². The van der Waals surface area contributed by atoms with E-state index in [0.29, 0.717) is 11.7 Å². The Kier molecular flexibility index (Phi) is 14.5. The van der Waals surface area contributed by atoms with Gasteiger partial charge in [-0.05, 0) is 51.7 Å². The second-order valence-electron chi connectivity index (χ2n) is 7.34. The molecule has 1 aliphatic carbocycles. The van der Waals surface area contributed by atoms with Gasteiger partial charge < -0.3 is 22.2 Å². The number of amides is 1. The number of rotatable bonds is 4. The summed E-state index contributed by atoms with van der Waals surface area (Å²) in [6, 6.07) is 5.91. The Hall–Kier alpha value is -1.79. The van der Waals surface area contributed by atoms with Gasteiger partial charge in [0.05, 0.1) is 12.0 Å². The molecule has 0 aromatic heterocycles. The molecule has 0 saturated heterocycles. The van der Waals surface area contributed by atoms with Crippen LogP contribution in [0.3, 0.4) is 0 Å². The van der Waals surface area contributed by atoms with Crippen LogP contribution in [0.5, 0.6) is 5.75 Å². The van der Waals surface area contributed by atoms with Crippen LogP contribution in [0.4, 0.5) is 10.5 Å². The molecule has 1 N–H and O–H groups in total. The monoisotopic (exact) mass is 437 g/mol. The van der Waals surface area contributed by atoms with E-state index >= 15 is 0 Å². The van der Waals surface area contributed by atoms with E-state index in [-0.39, 0.29) is 36.3 Å². The summed E-state index contributed by atoms with van der Waals surface area (Å²) in [7, 11) is 1.52. The number of nitrogens with one attached hydrogen (secondary N) is 1. The van der Waals surface area contributed by atoms with Crippen molar-refractivity contribution in [3.63, 3.8) is 0 Å². The van der Waals surface area contributed by atoms with Gasteiger partial charge in [0.2, 0.25) is 0 Å². The van der Waals surface area contributed by atoms with Crippen LogP contribution in [0.25, 0.3) is 0 Å². The van der Waals surface area contributed by atoms with Crippen LogP contribution in [-0.4, -0.2) is 30.3 Å². The van der Waals surface area contributed by atoms with Crippen molar-refractivity contribution in [3.05, 3.63) is 41.8 Å². The predicted octanol–water partition coefficient (Wildman–Crippen LogP) is 5.14. The summed E-state index contributed by atoms with van der Waals surface area (Å²) in [5.74, 6) is 1.28. The van der Waals surface area contributed by atoms with Crippen LogP contribution in [0.15, 0.2) is 24.3 Å². The van der Waals surface area contributed by atoms with Gasteiger partial charge in [-0.1, -0.05) is 19.3 Å². The topological polar surface area (TPSA) is 90.7 Å². The van der Waals surface area contributed by atoms with Crippen LogP contribution in [0.1, 0.15) is 52.9 Å². The number of nitro benzene ring substituents is 1. The van der Waals surface area contributed by atoms with Gasteiger partial charge in [-0.2, -0.15) is 0 Å². The number of carbonyl (C=O) groups is 1. The molecule has 1 amide bonds. The molecule has 0 heterocycles. The number of non-ortho nitro benzene ring substituents is 1. The summed E-state index contributed by atoms with van der Waals surface area (Å²) in [5.41, 5.74) is -0.317. The van der Waals surface area contributed by atoms with Crippen LogP contribution in [0.2, 0.25) is 0 Å². The quantitative estimate of drug-likeness (QED) is 0.305. The van der Waals surface area contributed by atoms with Gasteiger partial charge in [0, 0.05) is 35.7 Å².